The van der Waals surface area contributed by atoms with E-state index in [0.717, 1.165) is 56.2 Å². The zero-order valence-electron chi connectivity index (χ0n) is 17.2. The molecule has 1 aliphatic heterocycles. The molecule has 1 saturated heterocycles. The molecule has 1 heterocycles. The minimum atomic E-state index is 0. The van der Waals surface area contributed by atoms with Gasteiger partial charge in [-0.25, -0.2) is 0 Å². The predicted molar refractivity (Wildman–Crippen MR) is 126 cm³/mol. The van der Waals surface area contributed by atoms with Crippen LogP contribution in [-0.4, -0.2) is 56.1 Å². The van der Waals surface area contributed by atoms with Gasteiger partial charge in [-0.15, -0.1) is 24.0 Å². The average molecular weight is 502 g/mol. The van der Waals surface area contributed by atoms with E-state index in [9.17, 15) is 4.79 Å². The Labute approximate surface area is 186 Å². The lowest BCUT2D eigenvalue weighted by atomic mass is 10.2. The van der Waals surface area contributed by atoms with E-state index in [2.05, 4.69) is 22.5 Å². The number of benzene rings is 1. The number of guanidine groups is 1. The summed E-state index contributed by atoms with van der Waals surface area (Å²) in [7, 11) is 0. The second kappa shape index (κ2) is 14.5. The SMILES string of the molecule is CCNC(=NCCCN1CCCCCC1=O)NCCOc1ccccc1C.I. The van der Waals surface area contributed by atoms with Crippen molar-refractivity contribution in [3.8, 4) is 5.75 Å². The lowest BCUT2D eigenvalue weighted by Gasteiger charge is -2.20. The van der Waals surface area contributed by atoms with Crippen molar-refractivity contribution in [2.45, 2.75) is 46.0 Å². The first kappa shape index (κ1) is 24.5. The largest absolute Gasteiger partial charge is 0.491 e. The Kier molecular flexibility index (Phi) is 12.7. The molecule has 2 rings (SSSR count). The van der Waals surface area contributed by atoms with Crippen molar-refractivity contribution < 1.29 is 9.53 Å². The number of carbonyl (C=O) groups is 1. The molecule has 1 fully saturated rings. The van der Waals surface area contributed by atoms with Gasteiger partial charge < -0.3 is 20.3 Å². The van der Waals surface area contributed by atoms with Gasteiger partial charge in [-0.05, 0) is 44.7 Å². The van der Waals surface area contributed by atoms with Crippen LogP contribution in [0.15, 0.2) is 29.3 Å². The summed E-state index contributed by atoms with van der Waals surface area (Å²) in [5.74, 6) is 2.02. The fourth-order valence-electron chi connectivity index (χ4n) is 3.12. The molecule has 6 nitrogen and oxygen atoms in total. The van der Waals surface area contributed by atoms with E-state index in [1.807, 2.05) is 36.1 Å². The van der Waals surface area contributed by atoms with E-state index >= 15 is 0 Å². The van der Waals surface area contributed by atoms with Crippen LogP contribution in [0, 0.1) is 6.92 Å². The number of hydrogen-bond donors (Lipinski definition) is 2. The summed E-state index contributed by atoms with van der Waals surface area (Å²) in [5.41, 5.74) is 1.14. The van der Waals surface area contributed by atoms with Crippen molar-refractivity contribution in [3.63, 3.8) is 0 Å². The summed E-state index contributed by atoms with van der Waals surface area (Å²) in [6.07, 6.45) is 4.92. The summed E-state index contributed by atoms with van der Waals surface area (Å²) < 4.78 is 5.80. The molecule has 1 aromatic carbocycles. The molecule has 0 radical (unpaired) electrons. The molecular formula is C21H35IN4O2. The number of halogens is 1. The smallest absolute Gasteiger partial charge is 0.222 e. The third-order valence-electron chi connectivity index (χ3n) is 4.62. The number of rotatable bonds is 9. The molecule has 1 aliphatic rings. The van der Waals surface area contributed by atoms with E-state index < -0.39 is 0 Å². The predicted octanol–water partition coefficient (Wildman–Crippen LogP) is 3.34. The van der Waals surface area contributed by atoms with E-state index in [-0.39, 0.29) is 24.0 Å². The van der Waals surface area contributed by atoms with Gasteiger partial charge in [0.25, 0.3) is 0 Å². The second-order valence-corrected chi connectivity index (χ2v) is 6.85. The highest BCUT2D eigenvalue weighted by molar-refractivity contribution is 14.0. The maximum absolute atomic E-state index is 12.0. The molecule has 2 N–H and O–H groups in total. The maximum atomic E-state index is 12.0. The number of aryl methyl sites for hydroxylation is 1. The number of amides is 1. The topological polar surface area (TPSA) is 66.0 Å². The highest BCUT2D eigenvalue weighted by atomic mass is 127. The van der Waals surface area contributed by atoms with Gasteiger partial charge >= 0.3 is 0 Å². The molecule has 0 aliphatic carbocycles. The molecule has 7 heteroatoms. The van der Waals surface area contributed by atoms with Crippen molar-refractivity contribution in [3.05, 3.63) is 29.8 Å². The molecule has 0 atom stereocenters. The monoisotopic (exact) mass is 502 g/mol. The van der Waals surface area contributed by atoms with E-state index in [0.29, 0.717) is 32.0 Å². The second-order valence-electron chi connectivity index (χ2n) is 6.85. The number of carbonyl (C=O) groups excluding carboxylic acids is 1. The fraction of sp³-hybridized carbons (Fsp3) is 0.619. The highest BCUT2D eigenvalue weighted by Crippen LogP contribution is 2.15. The number of aliphatic imine (C=N–C) groups is 1. The van der Waals surface area contributed by atoms with Gasteiger partial charge in [0.05, 0.1) is 6.54 Å². The minimum Gasteiger partial charge on any atom is -0.491 e. The molecule has 0 spiro atoms. The van der Waals surface area contributed by atoms with Crippen molar-refractivity contribution in [2.24, 2.45) is 4.99 Å². The van der Waals surface area contributed by atoms with Crippen LogP contribution < -0.4 is 15.4 Å². The molecule has 158 valence electrons. The standard InChI is InChI=1S/C21H34N4O2.HI/c1-3-22-21(24-14-17-27-19-11-7-6-10-18(19)2)23-13-9-16-25-15-8-4-5-12-20(25)26;/h6-7,10-11H,3-5,8-9,12-17H2,1-2H3,(H2,22,23,24);1H. The summed E-state index contributed by atoms with van der Waals surface area (Å²) >= 11 is 0. The summed E-state index contributed by atoms with van der Waals surface area (Å²) in [6, 6.07) is 8.02. The minimum absolute atomic E-state index is 0. The van der Waals surface area contributed by atoms with Crippen LogP contribution >= 0.6 is 24.0 Å². The van der Waals surface area contributed by atoms with Gasteiger partial charge in [0.2, 0.25) is 5.91 Å². The summed E-state index contributed by atoms with van der Waals surface area (Å²) in [5, 5.41) is 6.55. The van der Waals surface area contributed by atoms with Gasteiger partial charge in [0.1, 0.15) is 12.4 Å². The Balaban J connectivity index is 0.00000392. The first-order valence-electron chi connectivity index (χ1n) is 10.2. The first-order valence-corrected chi connectivity index (χ1v) is 10.2. The van der Waals surface area contributed by atoms with E-state index in [4.69, 9.17) is 4.74 Å². The van der Waals surface area contributed by atoms with Crippen LogP contribution in [0.5, 0.6) is 5.75 Å². The number of para-hydroxylation sites is 1. The number of nitrogens with one attached hydrogen (secondary N) is 2. The van der Waals surface area contributed by atoms with E-state index in [1.54, 1.807) is 0 Å². The van der Waals surface area contributed by atoms with Crippen LogP contribution in [0.3, 0.4) is 0 Å². The normalized spacial score (nSPS) is 14.9. The van der Waals surface area contributed by atoms with Gasteiger partial charge in [-0.3, -0.25) is 9.79 Å². The Hall–Kier alpha value is -1.51. The molecule has 0 bridgehead atoms. The fourth-order valence-corrected chi connectivity index (χ4v) is 3.12. The molecule has 0 unspecified atom stereocenters. The van der Waals surface area contributed by atoms with Gasteiger partial charge in [0.15, 0.2) is 5.96 Å². The summed E-state index contributed by atoms with van der Waals surface area (Å²) in [4.78, 5) is 18.6. The molecule has 28 heavy (non-hydrogen) atoms. The Bertz CT molecular complexity index is 610. The molecule has 0 saturated carbocycles. The van der Waals surface area contributed by atoms with Crippen molar-refractivity contribution in [2.75, 3.05) is 39.3 Å². The van der Waals surface area contributed by atoms with Gasteiger partial charge in [0, 0.05) is 32.6 Å². The molecule has 1 amide bonds. The lowest BCUT2D eigenvalue weighted by Crippen LogP contribution is -2.39. The highest BCUT2D eigenvalue weighted by Gasteiger charge is 2.15. The number of likely N-dealkylation sites (tertiary alicyclic amines) is 1. The third-order valence-corrected chi connectivity index (χ3v) is 4.62. The summed E-state index contributed by atoms with van der Waals surface area (Å²) in [6.45, 7) is 8.59. The quantitative estimate of drug-likeness (QED) is 0.235. The number of ether oxygens (including phenoxy) is 1. The Morgan fingerprint density at radius 1 is 1.21 bits per heavy atom. The van der Waals surface area contributed by atoms with Crippen molar-refractivity contribution in [1.29, 1.82) is 0 Å². The van der Waals surface area contributed by atoms with Crippen LogP contribution in [0.25, 0.3) is 0 Å². The van der Waals surface area contributed by atoms with Crippen LogP contribution in [0.1, 0.15) is 44.6 Å². The van der Waals surface area contributed by atoms with Crippen LogP contribution in [-0.2, 0) is 4.79 Å². The zero-order chi connectivity index (χ0) is 19.3. The lowest BCUT2D eigenvalue weighted by molar-refractivity contribution is -0.130. The zero-order valence-corrected chi connectivity index (χ0v) is 19.5. The molecule has 1 aromatic rings. The van der Waals surface area contributed by atoms with E-state index in [1.165, 1.54) is 6.42 Å². The van der Waals surface area contributed by atoms with Gasteiger partial charge in [-0.1, -0.05) is 24.6 Å². The maximum Gasteiger partial charge on any atom is 0.222 e. The van der Waals surface area contributed by atoms with Crippen molar-refractivity contribution in [1.82, 2.24) is 15.5 Å². The van der Waals surface area contributed by atoms with Crippen LogP contribution in [0.4, 0.5) is 0 Å². The number of nitrogens with zero attached hydrogens (tertiary/aromatic N) is 2. The van der Waals surface area contributed by atoms with Crippen LogP contribution in [0.2, 0.25) is 0 Å². The van der Waals surface area contributed by atoms with Crippen molar-refractivity contribution >= 4 is 35.8 Å². The molecular weight excluding hydrogens is 467 g/mol. The Morgan fingerprint density at radius 3 is 2.82 bits per heavy atom. The first-order chi connectivity index (χ1) is 13.2. The third kappa shape index (κ3) is 9.12. The molecule has 0 aromatic heterocycles. The Morgan fingerprint density at radius 2 is 2.04 bits per heavy atom. The van der Waals surface area contributed by atoms with Gasteiger partial charge in [-0.2, -0.15) is 0 Å². The number of hydrogen-bond acceptors (Lipinski definition) is 3. The average Bonchev–Trinajstić information content (AvgIpc) is 2.87.